The molecular weight excluding hydrogens is 200 g/mol. The van der Waals surface area contributed by atoms with Crippen LogP contribution in [0.5, 0.6) is 0 Å². The Morgan fingerprint density at radius 1 is 1.27 bits per heavy atom. The van der Waals surface area contributed by atoms with Gasteiger partial charge in [-0.2, -0.15) is 0 Å². The summed E-state index contributed by atoms with van der Waals surface area (Å²) >= 11 is 0. The molecule has 15 heavy (non-hydrogen) atoms. The second-order valence-electron chi connectivity index (χ2n) is 3.29. The first kappa shape index (κ1) is 13.2. The van der Waals surface area contributed by atoms with Gasteiger partial charge in [0.05, 0.1) is 0 Å². The van der Waals surface area contributed by atoms with E-state index in [0.717, 1.165) is 6.08 Å². The summed E-state index contributed by atoms with van der Waals surface area (Å²) in [4.78, 5) is 42.6. The molecule has 0 fully saturated rings. The number of aldehydes is 3. The first-order valence-electron chi connectivity index (χ1n) is 4.24. The molecule has 0 aromatic heterocycles. The zero-order valence-electron chi connectivity index (χ0n) is 8.47. The van der Waals surface area contributed by atoms with Crippen LogP contribution in [-0.4, -0.2) is 29.9 Å². The van der Waals surface area contributed by atoms with Crippen LogP contribution < -0.4 is 0 Å². The van der Waals surface area contributed by atoms with Gasteiger partial charge in [0.2, 0.25) is 0 Å². The molecule has 0 bridgehead atoms. The molecule has 0 amide bonds. The number of aliphatic carboxylic acids is 1. The van der Waals surface area contributed by atoms with Crippen molar-refractivity contribution in [2.24, 2.45) is 11.3 Å². The fourth-order valence-electron chi connectivity index (χ4n) is 0.997. The molecule has 0 aliphatic rings. The molecule has 5 heteroatoms. The molecule has 1 unspecified atom stereocenters. The highest BCUT2D eigenvalue weighted by Crippen LogP contribution is 2.24. The van der Waals surface area contributed by atoms with Crippen LogP contribution in [0.15, 0.2) is 11.6 Å². The van der Waals surface area contributed by atoms with Crippen molar-refractivity contribution in [3.05, 3.63) is 11.6 Å². The van der Waals surface area contributed by atoms with Gasteiger partial charge in [-0.15, -0.1) is 0 Å². The summed E-state index contributed by atoms with van der Waals surface area (Å²) in [6, 6.07) is 0. The van der Waals surface area contributed by atoms with Gasteiger partial charge in [-0.05, 0) is 6.92 Å². The van der Waals surface area contributed by atoms with Gasteiger partial charge < -0.3 is 19.5 Å². The summed E-state index contributed by atoms with van der Waals surface area (Å²) in [7, 11) is 0. The second kappa shape index (κ2) is 5.19. The number of hydrogen-bond acceptors (Lipinski definition) is 4. The Labute approximate surface area is 86.8 Å². The normalized spacial score (nSPS) is 14.1. The highest BCUT2D eigenvalue weighted by Gasteiger charge is 2.34. The first-order chi connectivity index (χ1) is 6.93. The van der Waals surface area contributed by atoms with Crippen LogP contribution in [-0.2, 0) is 19.2 Å². The van der Waals surface area contributed by atoms with E-state index in [2.05, 4.69) is 0 Å². The van der Waals surface area contributed by atoms with E-state index < -0.39 is 17.3 Å². The van der Waals surface area contributed by atoms with Crippen molar-refractivity contribution in [2.45, 2.75) is 13.8 Å². The lowest BCUT2D eigenvalue weighted by Crippen LogP contribution is -2.32. The van der Waals surface area contributed by atoms with Gasteiger partial charge in [-0.1, -0.05) is 13.0 Å². The smallest absolute Gasteiger partial charge is 0.330 e. The summed E-state index contributed by atoms with van der Waals surface area (Å²) < 4.78 is 0. The highest BCUT2D eigenvalue weighted by atomic mass is 16.4. The van der Waals surface area contributed by atoms with E-state index in [9.17, 15) is 19.2 Å². The minimum absolute atomic E-state index is 0.150. The number of carbonyl (C=O) groups is 4. The molecule has 0 aliphatic carbocycles. The molecular formula is C10H12O5. The average molecular weight is 212 g/mol. The number of carboxylic acids is 1. The van der Waals surface area contributed by atoms with Crippen molar-refractivity contribution < 1.29 is 24.3 Å². The third-order valence-electron chi connectivity index (χ3n) is 2.20. The maximum atomic E-state index is 10.8. The molecule has 0 saturated heterocycles. The van der Waals surface area contributed by atoms with E-state index in [1.807, 2.05) is 0 Å². The molecule has 0 aliphatic heterocycles. The lowest BCUT2D eigenvalue weighted by Gasteiger charge is -2.20. The van der Waals surface area contributed by atoms with Crippen LogP contribution in [0.2, 0.25) is 0 Å². The van der Waals surface area contributed by atoms with E-state index in [1.165, 1.54) is 13.8 Å². The Hall–Kier alpha value is -1.78. The number of allylic oxidation sites excluding steroid dienone is 1. The van der Waals surface area contributed by atoms with E-state index in [-0.39, 0.29) is 18.1 Å². The van der Waals surface area contributed by atoms with Gasteiger partial charge in [0, 0.05) is 11.5 Å². The van der Waals surface area contributed by atoms with Crippen LogP contribution in [0.25, 0.3) is 0 Å². The van der Waals surface area contributed by atoms with Crippen molar-refractivity contribution in [3.8, 4) is 0 Å². The van der Waals surface area contributed by atoms with E-state index in [0.29, 0.717) is 6.29 Å². The fraction of sp³-hybridized carbons (Fsp3) is 0.400. The molecule has 0 heterocycles. The summed E-state index contributed by atoms with van der Waals surface area (Å²) in [6.07, 6.45) is 2.00. The molecule has 0 radical (unpaired) electrons. The van der Waals surface area contributed by atoms with Crippen molar-refractivity contribution in [1.29, 1.82) is 0 Å². The number of carboxylic acid groups (broad SMARTS) is 1. The van der Waals surface area contributed by atoms with E-state index in [1.54, 1.807) is 0 Å². The largest absolute Gasteiger partial charge is 0.478 e. The summed E-state index contributed by atoms with van der Waals surface area (Å²) in [6.45, 7) is 2.63. The molecule has 0 spiro atoms. The number of hydrogen-bond donors (Lipinski definition) is 1. The zero-order valence-corrected chi connectivity index (χ0v) is 8.47. The topological polar surface area (TPSA) is 88.5 Å². The SMILES string of the molecule is CC(=CC(C=O)(C=O)C(C)C=O)C(=O)O. The Bertz CT molecular complexity index is 308. The zero-order chi connectivity index (χ0) is 12.1. The van der Waals surface area contributed by atoms with Crippen molar-refractivity contribution in [3.63, 3.8) is 0 Å². The standard InChI is InChI=1S/C10H12O5/c1-7(9(14)15)3-10(5-12,6-13)8(2)4-11/h3-6,8H,1-2H3,(H,14,15). The van der Waals surface area contributed by atoms with Crippen molar-refractivity contribution >= 4 is 24.8 Å². The Morgan fingerprint density at radius 2 is 1.73 bits per heavy atom. The maximum absolute atomic E-state index is 10.8. The van der Waals surface area contributed by atoms with Crippen LogP contribution in [0.1, 0.15) is 13.8 Å². The molecule has 0 rings (SSSR count). The quantitative estimate of drug-likeness (QED) is 0.387. The highest BCUT2D eigenvalue weighted by molar-refractivity contribution is 5.94. The molecule has 0 aromatic rings. The third kappa shape index (κ3) is 2.83. The van der Waals surface area contributed by atoms with Gasteiger partial charge >= 0.3 is 5.97 Å². The predicted molar refractivity (Wildman–Crippen MR) is 51.2 cm³/mol. The third-order valence-corrected chi connectivity index (χ3v) is 2.20. The van der Waals surface area contributed by atoms with Crippen LogP contribution in [0, 0.1) is 11.3 Å². The molecule has 1 atom stereocenters. The minimum atomic E-state index is -1.68. The summed E-state index contributed by atoms with van der Waals surface area (Å²) in [5.74, 6) is -2.12. The Balaban J connectivity index is 5.39. The van der Waals surface area contributed by atoms with Crippen LogP contribution in [0.3, 0.4) is 0 Å². The van der Waals surface area contributed by atoms with Gasteiger partial charge in [-0.25, -0.2) is 4.79 Å². The molecule has 5 nitrogen and oxygen atoms in total. The lowest BCUT2D eigenvalue weighted by molar-refractivity contribution is -0.133. The Kier molecular flexibility index (Phi) is 4.57. The second-order valence-corrected chi connectivity index (χ2v) is 3.29. The maximum Gasteiger partial charge on any atom is 0.330 e. The van der Waals surface area contributed by atoms with Crippen molar-refractivity contribution in [1.82, 2.24) is 0 Å². The Morgan fingerprint density at radius 3 is 2.00 bits per heavy atom. The van der Waals surface area contributed by atoms with Crippen LogP contribution in [0.4, 0.5) is 0 Å². The number of carbonyl (C=O) groups excluding carboxylic acids is 3. The first-order valence-corrected chi connectivity index (χ1v) is 4.24. The number of rotatable bonds is 6. The fourth-order valence-corrected chi connectivity index (χ4v) is 0.997. The molecule has 0 saturated carbocycles. The average Bonchev–Trinajstić information content (AvgIpc) is 2.24. The summed E-state index contributed by atoms with van der Waals surface area (Å²) in [5.41, 5.74) is -1.83. The molecule has 1 N–H and O–H groups in total. The van der Waals surface area contributed by atoms with Gasteiger partial charge in [-0.3, -0.25) is 0 Å². The van der Waals surface area contributed by atoms with E-state index >= 15 is 0 Å². The van der Waals surface area contributed by atoms with Crippen molar-refractivity contribution in [2.75, 3.05) is 0 Å². The minimum Gasteiger partial charge on any atom is -0.478 e. The summed E-state index contributed by atoms with van der Waals surface area (Å²) in [5, 5.41) is 8.60. The van der Waals surface area contributed by atoms with Gasteiger partial charge in [0.15, 0.2) is 0 Å². The predicted octanol–water partition coefficient (Wildman–Crippen LogP) is 0.237. The van der Waals surface area contributed by atoms with Crippen LogP contribution >= 0.6 is 0 Å². The van der Waals surface area contributed by atoms with Gasteiger partial charge in [0.25, 0.3) is 0 Å². The molecule has 0 aromatic carbocycles. The van der Waals surface area contributed by atoms with Gasteiger partial charge in [0.1, 0.15) is 24.3 Å². The lowest BCUT2D eigenvalue weighted by atomic mass is 9.78. The van der Waals surface area contributed by atoms with E-state index in [4.69, 9.17) is 5.11 Å². The monoisotopic (exact) mass is 212 g/mol. The molecule has 82 valence electrons.